The first-order valence-corrected chi connectivity index (χ1v) is 7.18. The Morgan fingerprint density at radius 2 is 1.86 bits per heavy atom. The number of hydrogen-bond acceptors (Lipinski definition) is 3. The van der Waals surface area contributed by atoms with Gasteiger partial charge in [-0.3, -0.25) is 9.59 Å². The summed E-state index contributed by atoms with van der Waals surface area (Å²) in [6, 6.07) is 7.16. The highest BCUT2D eigenvalue weighted by molar-refractivity contribution is 5.89. The van der Waals surface area contributed by atoms with Crippen molar-refractivity contribution in [3.63, 3.8) is 0 Å². The minimum absolute atomic E-state index is 0.151. The number of hydrogen-bond donors (Lipinski definition) is 2. The lowest BCUT2D eigenvalue weighted by Crippen LogP contribution is -2.46. The van der Waals surface area contributed by atoms with E-state index in [0.717, 1.165) is 18.4 Å². The second kappa shape index (κ2) is 5.76. The second-order valence-corrected chi connectivity index (χ2v) is 6.27. The Kier molecular flexibility index (Phi) is 4.21. The minimum Gasteiger partial charge on any atom is -0.480 e. The maximum atomic E-state index is 12.8. The highest BCUT2D eigenvalue weighted by atomic mass is 16.4. The summed E-state index contributed by atoms with van der Waals surface area (Å²) >= 11 is 0. The van der Waals surface area contributed by atoms with Crippen molar-refractivity contribution in [1.82, 2.24) is 4.90 Å². The van der Waals surface area contributed by atoms with Gasteiger partial charge in [0, 0.05) is 12.2 Å². The fraction of sp³-hybridized carbons (Fsp3) is 0.500. The molecule has 0 unspecified atom stereocenters. The van der Waals surface area contributed by atoms with Crippen LogP contribution in [-0.4, -0.2) is 35.0 Å². The van der Waals surface area contributed by atoms with Crippen molar-refractivity contribution in [2.24, 2.45) is 5.92 Å². The zero-order valence-corrected chi connectivity index (χ0v) is 12.5. The Labute approximate surface area is 124 Å². The van der Waals surface area contributed by atoms with Gasteiger partial charge >= 0.3 is 5.97 Å². The summed E-state index contributed by atoms with van der Waals surface area (Å²) in [7, 11) is 0. The van der Waals surface area contributed by atoms with E-state index in [-0.39, 0.29) is 12.5 Å². The summed E-state index contributed by atoms with van der Waals surface area (Å²) in [6.45, 7) is 3.93. The first-order valence-electron chi connectivity index (χ1n) is 7.18. The van der Waals surface area contributed by atoms with Crippen molar-refractivity contribution in [2.45, 2.75) is 32.1 Å². The molecule has 0 aromatic heterocycles. The molecule has 1 aromatic rings. The van der Waals surface area contributed by atoms with E-state index in [9.17, 15) is 9.59 Å². The Bertz CT molecular complexity index is 533. The number of carboxylic acids is 1. The standard InChI is InChI=1S/C16H22N2O3/c1-16(2,12-5-7-13(17)8-6-12)15(21)18(10-14(19)20)9-11-3-4-11/h5-8,11H,3-4,9-10,17H2,1-2H3,(H,19,20). The van der Waals surface area contributed by atoms with Gasteiger partial charge in [-0.1, -0.05) is 12.1 Å². The molecular formula is C16H22N2O3. The number of rotatable bonds is 6. The zero-order valence-electron chi connectivity index (χ0n) is 12.5. The van der Waals surface area contributed by atoms with Gasteiger partial charge < -0.3 is 15.7 Å². The predicted octanol–water partition coefficient (Wildman–Crippen LogP) is 1.87. The van der Waals surface area contributed by atoms with Crippen LogP contribution in [0.3, 0.4) is 0 Å². The average molecular weight is 290 g/mol. The third kappa shape index (κ3) is 3.74. The number of nitrogens with two attached hydrogens (primary N) is 1. The molecule has 21 heavy (non-hydrogen) atoms. The van der Waals surface area contributed by atoms with Gasteiger partial charge in [0.05, 0.1) is 5.41 Å². The number of amides is 1. The normalized spacial score (nSPS) is 14.8. The third-order valence-corrected chi connectivity index (χ3v) is 3.96. The quantitative estimate of drug-likeness (QED) is 0.783. The number of nitrogens with zero attached hydrogens (tertiary/aromatic N) is 1. The number of carbonyl (C=O) groups excluding carboxylic acids is 1. The van der Waals surface area contributed by atoms with E-state index >= 15 is 0 Å². The molecule has 1 aliphatic rings. The number of nitrogen functional groups attached to an aromatic ring is 1. The van der Waals surface area contributed by atoms with Crippen molar-refractivity contribution in [3.05, 3.63) is 29.8 Å². The lowest BCUT2D eigenvalue weighted by molar-refractivity contribution is -0.146. The molecule has 2 rings (SSSR count). The van der Waals surface area contributed by atoms with Crippen molar-refractivity contribution >= 4 is 17.6 Å². The predicted molar refractivity (Wildman–Crippen MR) is 80.8 cm³/mol. The molecule has 5 nitrogen and oxygen atoms in total. The molecule has 3 N–H and O–H groups in total. The molecule has 0 radical (unpaired) electrons. The molecule has 0 bridgehead atoms. The Hall–Kier alpha value is -2.04. The largest absolute Gasteiger partial charge is 0.480 e. The SMILES string of the molecule is CC(C)(C(=O)N(CC(=O)O)CC1CC1)c1ccc(N)cc1. The van der Waals surface area contributed by atoms with Gasteiger partial charge in [0.1, 0.15) is 6.54 Å². The molecular weight excluding hydrogens is 268 g/mol. The summed E-state index contributed by atoms with van der Waals surface area (Å²) < 4.78 is 0. The van der Waals surface area contributed by atoms with Crippen LogP contribution < -0.4 is 5.73 Å². The van der Waals surface area contributed by atoms with Crippen molar-refractivity contribution in [2.75, 3.05) is 18.8 Å². The van der Waals surface area contributed by atoms with Crippen molar-refractivity contribution in [3.8, 4) is 0 Å². The van der Waals surface area contributed by atoms with Crippen molar-refractivity contribution in [1.29, 1.82) is 0 Å². The topological polar surface area (TPSA) is 83.6 Å². The molecule has 0 aliphatic heterocycles. The summed E-state index contributed by atoms with van der Waals surface area (Å²) in [5.41, 5.74) is 6.39. The van der Waals surface area contributed by atoms with E-state index in [2.05, 4.69) is 0 Å². The maximum Gasteiger partial charge on any atom is 0.323 e. The van der Waals surface area contributed by atoms with Gasteiger partial charge in [-0.25, -0.2) is 0 Å². The van der Waals surface area contributed by atoms with Gasteiger partial charge in [-0.2, -0.15) is 0 Å². The van der Waals surface area contributed by atoms with E-state index in [1.807, 2.05) is 26.0 Å². The summed E-state index contributed by atoms with van der Waals surface area (Å²) in [5.74, 6) is -0.672. The molecule has 1 fully saturated rings. The van der Waals surface area contributed by atoms with Crippen LogP contribution in [0.25, 0.3) is 0 Å². The van der Waals surface area contributed by atoms with E-state index in [1.54, 1.807) is 12.1 Å². The molecule has 1 aliphatic carbocycles. The lowest BCUT2D eigenvalue weighted by Gasteiger charge is -2.31. The number of aliphatic carboxylic acids is 1. The Morgan fingerprint density at radius 3 is 2.33 bits per heavy atom. The summed E-state index contributed by atoms with van der Waals surface area (Å²) in [6.07, 6.45) is 2.15. The fourth-order valence-electron chi connectivity index (χ4n) is 2.41. The molecule has 114 valence electrons. The van der Waals surface area contributed by atoms with Crippen LogP contribution in [0, 0.1) is 5.92 Å². The molecule has 0 heterocycles. The molecule has 0 atom stereocenters. The van der Waals surface area contributed by atoms with E-state index in [1.165, 1.54) is 4.90 Å². The Balaban J connectivity index is 2.19. The number of carboxylic acid groups (broad SMARTS) is 1. The van der Waals surface area contributed by atoms with E-state index in [0.29, 0.717) is 18.2 Å². The van der Waals surface area contributed by atoms with Gasteiger partial charge in [0.2, 0.25) is 5.91 Å². The highest BCUT2D eigenvalue weighted by Crippen LogP contribution is 2.32. The summed E-state index contributed by atoms with van der Waals surface area (Å²) in [4.78, 5) is 25.3. The zero-order chi connectivity index (χ0) is 15.6. The molecule has 0 saturated heterocycles. The molecule has 1 aromatic carbocycles. The number of benzene rings is 1. The van der Waals surface area contributed by atoms with Gasteiger partial charge in [-0.05, 0) is 50.3 Å². The van der Waals surface area contributed by atoms with Crippen LogP contribution in [0.4, 0.5) is 5.69 Å². The van der Waals surface area contributed by atoms with E-state index in [4.69, 9.17) is 10.8 Å². The Morgan fingerprint density at radius 1 is 1.29 bits per heavy atom. The molecule has 1 saturated carbocycles. The minimum atomic E-state index is -0.975. The van der Waals surface area contributed by atoms with Crippen LogP contribution in [0.1, 0.15) is 32.3 Å². The van der Waals surface area contributed by atoms with Crippen LogP contribution in [0.5, 0.6) is 0 Å². The second-order valence-electron chi connectivity index (χ2n) is 6.27. The van der Waals surface area contributed by atoms with Gasteiger partial charge in [0.25, 0.3) is 0 Å². The van der Waals surface area contributed by atoms with Gasteiger partial charge in [0.15, 0.2) is 0 Å². The van der Waals surface area contributed by atoms with Crippen LogP contribution >= 0.6 is 0 Å². The summed E-state index contributed by atoms with van der Waals surface area (Å²) in [5, 5.41) is 9.03. The number of anilines is 1. The average Bonchev–Trinajstić information content (AvgIpc) is 3.21. The third-order valence-electron chi connectivity index (χ3n) is 3.96. The van der Waals surface area contributed by atoms with Crippen molar-refractivity contribution < 1.29 is 14.7 Å². The van der Waals surface area contributed by atoms with Gasteiger partial charge in [-0.15, -0.1) is 0 Å². The van der Waals surface area contributed by atoms with Crippen LogP contribution in [-0.2, 0) is 15.0 Å². The first-order chi connectivity index (χ1) is 9.80. The first kappa shape index (κ1) is 15.4. The number of carbonyl (C=O) groups is 2. The molecule has 1 amide bonds. The highest BCUT2D eigenvalue weighted by Gasteiger charge is 2.37. The fourth-order valence-corrected chi connectivity index (χ4v) is 2.41. The van der Waals surface area contributed by atoms with Crippen LogP contribution in [0.2, 0.25) is 0 Å². The monoisotopic (exact) mass is 290 g/mol. The smallest absolute Gasteiger partial charge is 0.323 e. The lowest BCUT2D eigenvalue weighted by atomic mass is 9.83. The maximum absolute atomic E-state index is 12.8. The van der Waals surface area contributed by atoms with Crippen LogP contribution in [0.15, 0.2) is 24.3 Å². The van der Waals surface area contributed by atoms with E-state index < -0.39 is 11.4 Å². The molecule has 0 spiro atoms. The molecule has 5 heteroatoms.